The maximum Gasteiger partial charge on any atom is 0.410 e. The van der Waals surface area contributed by atoms with Gasteiger partial charge >= 0.3 is 6.09 Å². The van der Waals surface area contributed by atoms with Gasteiger partial charge in [0.15, 0.2) is 0 Å². The molecule has 0 aliphatic carbocycles. The molecule has 1 amide bonds. The Balaban J connectivity index is 2.26. The highest BCUT2D eigenvalue weighted by Gasteiger charge is 2.36. The smallest absolute Gasteiger partial charge is 0.410 e. The summed E-state index contributed by atoms with van der Waals surface area (Å²) in [6.45, 7) is 4.82. The van der Waals surface area contributed by atoms with Crippen LogP contribution in [0.5, 0.6) is 0 Å². The first-order valence-electron chi connectivity index (χ1n) is 8.53. The number of rotatable bonds is 4. The number of hydrogen-bond acceptors (Lipinski definition) is 3. The largest absolute Gasteiger partial charge is 0.444 e. The topological polar surface area (TPSA) is 41.6 Å². The molecular formula is C18H24F4N2O2. The van der Waals surface area contributed by atoms with Crippen molar-refractivity contribution in [1.29, 1.82) is 0 Å². The summed E-state index contributed by atoms with van der Waals surface area (Å²) in [6.07, 6.45) is -2.55. The van der Waals surface area contributed by atoms with Crippen molar-refractivity contribution in [3.63, 3.8) is 0 Å². The molecule has 1 saturated heterocycles. The molecule has 0 aromatic heterocycles. The van der Waals surface area contributed by atoms with Crippen molar-refractivity contribution in [2.24, 2.45) is 0 Å². The van der Waals surface area contributed by atoms with E-state index < -0.39 is 42.3 Å². The van der Waals surface area contributed by atoms with E-state index in [0.717, 1.165) is 18.2 Å². The average molecular weight is 376 g/mol. The van der Waals surface area contributed by atoms with E-state index in [0.29, 0.717) is 6.42 Å². The van der Waals surface area contributed by atoms with Gasteiger partial charge in [-0.2, -0.15) is 0 Å². The van der Waals surface area contributed by atoms with Crippen molar-refractivity contribution in [2.75, 3.05) is 13.1 Å². The second kappa shape index (κ2) is 8.24. The van der Waals surface area contributed by atoms with E-state index in [4.69, 9.17) is 4.74 Å². The van der Waals surface area contributed by atoms with Gasteiger partial charge in [0.05, 0.1) is 12.6 Å². The van der Waals surface area contributed by atoms with Crippen LogP contribution in [-0.4, -0.2) is 42.2 Å². The molecule has 4 nitrogen and oxygen atoms in total. The van der Waals surface area contributed by atoms with Crippen molar-refractivity contribution in [3.8, 4) is 0 Å². The summed E-state index contributed by atoms with van der Waals surface area (Å²) in [5, 5.41) is 2.72. The minimum atomic E-state index is -2.51. The second-order valence-electron chi connectivity index (χ2n) is 7.38. The van der Waals surface area contributed by atoms with Gasteiger partial charge in [-0.15, -0.1) is 0 Å². The highest BCUT2D eigenvalue weighted by Crippen LogP contribution is 2.34. The van der Waals surface area contributed by atoms with Crippen molar-refractivity contribution in [1.82, 2.24) is 10.2 Å². The Morgan fingerprint density at radius 3 is 2.65 bits per heavy atom. The Morgan fingerprint density at radius 1 is 1.35 bits per heavy atom. The summed E-state index contributed by atoms with van der Waals surface area (Å²) in [5.74, 6) is -1.28. The summed E-state index contributed by atoms with van der Waals surface area (Å²) in [6, 6.07) is 1.88. The van der Waals surface area contributed by atoms with Gasteiger partial charge in [-0.1, -0.05) is 0 Å². The molecule has 1 fully saturated rings. The van der Waals surface area contributed by atoms with Crippen molar-refractivity contribution < 1.29 is 27.1 Å². The number of benzene rings is 1. The third-order valence-electron chi connectivity index (χ3n) is 4.11. The lowest BCUT2D eigenvalue weighted by molar-refractivity contribution is 0.00533. The van der Waals surface area contributed by atoms with Crippen molar-refractivity contribution in [2.45, 2.75) is 57.7 Å². The Hall–Kier alpha value is -1.83. The number of carbonyl (C=O) groups excluding carboxylic acids is 1. The van der Waals surface area contributed by atoms with E-state index in [1.165, 1.54) is 4.90 Å². The van der Waals surface area contributed by atoms with Gasteiger partial charge in [0.25, 0.3) is 6.43 Å². The van der Waals surface area contributed by atoms with E-state index in [-0.39, 0.29) is 24.6 Å². The first-order valence-corrected chi connectivity index (χ1v) is 8.53. The average Bonchev–Trinajstić information content (AvgIpc) is 2.53. The molecule has 2 rings (SSSR count). The fourth-order valence-electron chi connectivity index (χ4n) is 3.01. The van der Waals surface area contributed by atoms with Crippen LogP contribution in [0.1, 0.15) is 45.2 Å². The Labute approximate surface area is 150 Å². The minimum Gasteiger partial charge on any atom is -0.444 e. The number of hydrogen-bond donors (Lipinski definition) is 1. The number of halogens is 4. The third-order valence-corrected chi connectivity index (χ3v) is 4.11. The standard InChI is InChI=1S/C18H24F4N2O2/c1-18(2,3)26-17(25)24-7-6-12(23-10-16(21)22)9-15(24)13-8-11(19)4-5-14(13)20/h4-5,8,12,15-16,23H,6-7,9-10H2,1-3H3/t12?,15-/m0/s1. The Bertz CT molecular complexity index is 634. The highest BCUT2D eigenvalue weighted by molar-refractivity contribution is 5.69. The zero-order valence-corrected chi connectivity index (χ0v) is 15.1. The monoisotopic (exact) mass is 376 g/mol. The maximum atomic E-state index is 14.3. The molecule has 1 unspecified atom stereocenters. The van der Waals surface area contributed by atoms with Gasteiger partial charge in [-0.3, -0.25) is 0 Å². The molecule has 1 aromatic carbocycles. The number of nitrogens with zero attached hydrogens (tertiary/aromatic N) is 1. The van der Waals surface area contributed by atoms with Crippen LogP contribution in [0, 0.1) is 11.6 Å². The van der Waals surface area contributed by atoms with Gasteiger partial charge in [-0.25, -0.2) is 22.4 Å². The predicted octanol–water partition coefficient (Wildman–Crippen LogP) is 4.26. The van der Waals surface area contributed by atoms with Crippen LogP contribution < -0.4 is 5.32 Å². The first-order chi connectivity index (χ1) is 12.1. The lowest BCUT2D eigenvalue weighted by Crippen LogP contribution is -2.49. The van der Waals surface area contributed by atoms with E-state index in [2.05, 4.69) is 5.32 Å². The normalized spacial score (nSPS) is 21.2. The molecule has 0 bridgehead atoms. The highest BCUT2D eigenvalue weighted by atomic mass is 19.3. The zero-order chi connectivity index (χ0) is 19.5. The number of piperidine rings is 1. The van der Waals surface area contributed by atoms with Crippen LogP contribution in [0.3, 0.4) is 0 Å². The predicted molar refractivity (Wildman–Crippen MR) is 89.1 cm³/mol. The second-order valence-corrected chi connectivity index (χ2v) is 7.38. The quantitative estimate of drug-likeness (QED) is 0.799. The van der Waals surface area contributed by atoms with Gasteiger partial charge in [0, 0.05) is 18.2 Å². The first kappa shape index (κ1) is 20.5. The Kier molecular flexibility index (Phi) is 6.49. The van der Waals surface area contributed by atoms with Crippen molar-refractivity contribution >= 4 is 6.09 Å². The van der Waals surface area contributed by atoms with Gasteiger partial charge in [0.1, 0.15) is 17.2 Å². The summed E-state index contributed by atoms with van der Waals surface area (Å²) < 4.78 is 58.2. The van der Waals surface area contributed by atoms with E-state index in [1.54, 1.807) is 20.8 Å². The molecule has 1 aromatic rings. The number of ether oxygens (including phenoxy) is 1. The van der Waals surface area contributed by atoms with E-state index >= 15 is 0 Å². The van der Waals surface area contributed by atoms with Crippen LogP contribution in [-0.2, 0) is 4.74 Å². The third kappa shape index (κ3) is 5.59. The van der Waals surface area contributed by atoms with Crippen LogP contribution >= 0.6 is 0 Å². The van der Waals surface area contributed by atoms with Crippen LogP contribution in [0.2, 0.25) is 0 Å². The van der Waals surface area contributed by atoms with Crippen LogP contribution in [0.25, 0.3) is 0 Å². The fourth-order valence-corrected chi connectivity index (χ4v) is 3.01. The number of likely N-dealkylation sites (tertiary alicyclic amines) is 1. The molecule has 0 spiro atoms. The molecule has 1 aliphatic heterocycles. The summed E-state index contributed by atoms with van der Waals surface area (Å²) in [7, 11) is 0. The lowest BCUT2D eigenvalue weighted by Gasteiger charge is -2.40. The van der Waals surface area contributed by atoms with Crippen molar-refractivity contribution in [3.05, 3.63) is 35.4 Å². The fraction of sp³-hybridized carbons (Fsp3) is 0.611. The maximum absolute atomic E-state index is 14.3. The summed E-state index contributed by atoms with van der Waals surface area (Å²) >= 11 is 0. The molecule has 1 aliphatic rings. The number of amides is 1. The van der Waals surface area contributed by atoms with E-state index in [9.17, 15) is 22.4 Å². The molecule has 1 N–H and O–H groups in total. The van der Waals surface area contributed by atoms with Crippen LogP contribution in [0.15, 0.2) is 18.2 Å². The van der Waals surface area contributed by atoms with Gasteiger partial charge < -0.3 is 15.0 Å². The van der Waals surface area contributed by atoms with Gasteiger partial charge in [0.2, 0.25) is 0 Å². The molecule has 0 saturated carbocycles. The molecule has 26 heavy (non-hydrogen) atoms. The molecule has 2 atom stereocenters. The number of nitrogens with one attached hydrogen (secondary N) is 1. The van der Waals surface area contributed by atoms with E-state index in [1.807, 2.05) is 0 Å². The molecule has 0 radical (unpaired) electrons. The molecule has 146 valence electrons. The van der Waals surface area contributed by atoms with Crippen LogP contribution in [0.4, 0.5) is 22.4 Å². The SMILES string of the molecule is CC(C)(C)OC(=O)N1CCC(NCC(F)F)C[C@H]1c1cc(F)ccc1F. The number of alkyl halides is 2. The molecule has 1 heterocycles. The summed E-state index contributed by atoms with van der Waals surface area (Å²) in [5.41, 5.74) is -0.730. The molecule has 8 heteroatoms. The lowest BCUT2D eigenvalue weighted by atomic mass is 9.91. The molecular weight excluding hydrogens is 352 g/mol. The summed E-state index contributed by atoms with van der Waals surface area (Å²) in [4.78, 5) is 13.9. The zero-order valence-electron chi connectivity index (χ0n) is 15.1. The minimum absolute atomic E-state index is 0.0133. The van der Waals surface area contributed by atoms with Gasteiger partial charge in [-0.05, 0) is 51.8 Å². The number of carbonyl (C=O) groups is 1. The Morgan fingerprint density at radius 2 is 2.04 bits per heavy atom.